The smallest absolute Gasteiger partial charge is 0.119 e. The fraction of sp³-hybridized carbons (Fsp3) is 0.467. The van der Waals surface area contributed by atoms with Gasteiger partial charge in [0.25, 0.3) is 0 Å². The van der Waals surface area contributed by atoms with E-state index in [4.69, 9.17) is 14.2 Å². The van der Waals surface area contributed by atoms with Gasteiger partial charge in [0, 0.05) is 0 Å². The van der Waals surface area contributed by atoms with E-state index in [1.54, 1.807) is 7.11 Å². The largest absolute Gasteiger partial charge is 0.497 e. The molecule has 0 aromatic heterocycles. The molecular formula is C15H20O3. The van der Waals surface area contributed by atoms with Gasteiger partial charge in [0.2, 0.25) is 0 Å². The zero-order valence-corrected chi connectivity index (χ0v) is 11.2. The van der Waals surface area contributed by atoms with E-state index in [0.717, 1.165) is 17.9 Å². The van der Waals surface area contributed by atoms with E-state index in [-0.39, 0.29) is 6.10 Å². The maximum atomic E-state index is 5.81. The highest BCUT2D eigenvalue weighted by Gasteiger charge is 2.24. The van der Waals surface area contributed by atoms with Crippen molar-refractivity contribution in [1.82, 2.24) is 0 Å². The van der Waals surface area contributed by atoms with Crippen LogP contribution in [0.3, 0.4) is 0 Å². The Kier molecular flexibility index (Phi) is 4.39. The molecule has 1 fully saturated rings. The third kappa shape index (κ3) is 3.34. The highest BCUT2D eigenvalue weighted by Crippen LogP contribution is 2.27. The first-order valence-electron chi connectivity index (χ1n) is 6.28. The molecule has 0 N–H and O–H groups in total. The van der Waals surface area contributed by atoms with Gasteiger partial charge in [-0.15, -0.1) is 0 Å². The average molecular weight is 248 g/mol. The van der Waals surface area contributed by atoms with Crippen LogP contribution in [0.2, 0.25) is 0 Å². The third-order valence-corrected chi connectivity index (χ3v) is 3.01. The van der Waals surface area contributed by atoms with E-state index >= 15 is 0 Å². The van der Waals surface area contributed by atoms with Crippen LogP contribution in [0.5, 0.6) is 5.75 Å². The van der Waals surface area contributed by atoms with E-state index in [1.165, 1.54) is 5.56 Å². The van der Waals surface area contributed by atoms with Gasteiger partial charge < -0.3 is 14.2 Å². The zero-order valence-electron chi connectivity index (χ0n) is 11.2. The highest BCUT2D eigenvalue weighted by atomic mass is 16.6. The van der Waals surface area contributed by atoms with Crippen molar-refractivity contribution < 1.29 is 14.2 Å². The second-order valence-corrected chi connectivity index (χ2v) is 4.43. The van der Waals surface area contributed by atoms with E-state index in [0.29, 0.717) is 12.7 Å². The number of methoxy groups -OCH3 is 1. The Morgan fingerprint density at radius 1 is 1.50 bits per heavy atom. The molecule has 3 nitrogen and oxygen atoms in total. The van der Waals surface area contributed by atoms with Gasteiger partial charge in [-0.05, 0) is 37.1 Å². The lowest BCUT2D eigenvalue weighted by Crippen LogP contribution is -2.07. The average Bonchev–Trinajstić information content (AvgIpc) is 3.20. The van der Waals surface area contributed by atoms with Crippen LogP contribution in [-0.4, -0.2) is 26.4 Å². The van der Waals surface area contributed by atoms with Crippen molar-refractivity contribution in [3.63, 3.8) is 0 Å². The molecule has 1 saturated heterocycles. The molecule has 2 rings (SSSR count). The molecule has 18 heavy (non-hydrogen) atoms. The first kappa shape index (κ1) is 13.1. The molecule has 2 atom stereocenters. The highest BCUT2D eigenvalue weighted by molar-refractivity contribution is 5.56. The fourth-order valence-corrected chi connectivity index (χ4v) is 1.88. The van der Waals surface area contributed by atoms with Crippen LogP contribution in [0.25, 0.3) is 6.08 Å². The van der Waals surface area contributed by atoms with Crippen molar-refractivity contribution in [1.29, 1.82) is 0 Å². The van der Waals surface area contributed by atoms with Crippen LogP contribution < -0.4 is 4.74 Å². The topological polar surface area (TPSA) is 31.0 Å². The Labute approximate surface area is 108 Å². The summed E-state index contributed by atoms with van der Waals surface area (Å²) in [6.07, 6.45) is 4.46. The Morgan fingerprint density at radius 3 is 2.89 bits per heavy atom. The van der Waals surface area contributed by atoms with Crippen molar-refractivity contribution >= 4 is 6.08 Å². The number of epoxide rings is 1. The molecule has 1 aromatic rings. The van der Waals surface area contributed by atoms with Crippen LogP contribution in [0.4, 0.5) is 0 Å². The van der Waals surface area contributed by atoms with Crippen LogP contribution >= 0.6 is 0 Å². The lowest BCUT2D eigenvalue weighted by atomic mass is 10.0. The maximum Gasteiger partial charge on any atom is 0.119 e. The second kappa shape index (κ2) is 6.03. The number of hydrogen-bond acceptors (Lipinski definition) is 3. The van der Waals surface area contributed by atoms with Crippen molar-refractivity contribution in [3.05, 3.63) is 35.4 Å². The lowest BCUT2D eigenvalue weighted by Gasteiger charge is -2.16. The second-order valence-electron chi connectivity index (χ2n) is 4.43. The van der Waals surface area contributed by atoms with Gasteiger partial charge in [-0.3, -0.25) is 0 Å². The summed E-state index contributed by atoms with van der Waals surface area (Å²) >= 11 is 0. The van der Waals surface area contributed by atoms with Gasteiger partial charge in [0.1, 0.15) is 11.9 Å². The SMILES string of the molecule is C/C=C/c1cc(OC)ccc1[C@@H](C)OC[C@H]1CO1. The summed E-state index contributed by atoms with van der Waals surface area (Å²) in [6.45, 7) is 5.57. The summed E-state index contributed by atoms with van der Waals surface area (Å²) in [4.78, 5) is 0. The molecule has 0 spiro atoms. The van der Waals surface area contributed by atoms with E-state index in [9.17, 15) is 0 Å². The molecule has 0 saturated carbocycles. The minimum absolute atomic E-state index is 0.0614. The molecule has 0 radical (unpaired) electrons. The van der Waals surface area contributed by atoms with E-state index < -0.39 is 0 Å². The molecule has 98 valence electrons. The Balaban J connectivity index is 2.12. The number of allylic oxidation sites excluding steroid dienone is 1. The van der Waals surface area contributed by atoms with Gasteiger partial charge in [-0.2, -0.15) is 0 Å². The molecule has 1 heterocycles. The summed E-state index contributed by atoms with van der Waals surface area (Å²) < 4.78 is 16.2. The minimum atomic E-state index is 0.0614. The van der Waals surface area contributed by atoms with Crippen molar-refractivity contribution in [2.75, 3.05) is 20.3 Å². The van der Waals surface area contributed by atoms with Crippen molar-refractivity contribution in [2.24, 2.45) is 0 Å². The molecule has 3 heteroatoms. The molecule has 0 amide bonds. The first-order chi connectivity index (χ1) is 8.74. The number of rotatable bonds is 6. The monoisotopic (exact) mass is 248 g/mol. The van der Waals surface area contributed by atoms with Crippen LogP contribution in [0.15, 0.2) is 24.3 Å². The molecule has 0 aliphatic carbocycles. The van der Waals surface area contributed by atoms with Crippen molar-refractivity contribution in [2.45, 2.75) is 26.1 Å². The van der Waals surface area contributed by atoms with Crippen LogP contribution in [-0.2, 0) is 9.47 Å². The van der Waals surface area contributed by atoms with Gasteiger partial charge in [-0.25, -0.2) is 0 Å². The standard InChI is InChI=1S/C15H20O3/c1-4-5-12-8-13(16-3)6-7-15(12)11(2)17-9-14-10-18-14/h4-8,11,14H,9-10H2,1-3H3/b5-4+/t11-,14+/m1/s1. The molecular weight excluding hydrogens is 228 g/mol. The van der Waals surface area contributed by atoms with Crippen LogP contribution in [0.1, 0.15) is 31.1 Å². The molecule has 0 bridgehead atoms. The molecule has 1 aliphatic rings. The quantitative estimate of drug-likeness (QED) is 0.724. The summed E-state index contributed by atoms with van der Waals surface area (Å²) in [5.74, 6) is 0.865. The number of ether oxygens (including phenoxy) is 3. The van der Waals surface area contributed by atoms with Gasteiger partial charge in [0.15, 0.2) is 0 Å². The molecule has 1 aliphatic heterocycles. The molecule has 1 aromatic carbocycles. The predicted octanol–water partition coefficient (Wildman–Crippen LogP) is 3.20. The fourth-order valence-electron chi connectivity index (χ4n) is 1.88. The van der Waals surface area contributed by atoms with E-state index in [1.807, 2.05) is 25.1 Å². The van der Waals surface area contributed by atoms with Crippen molar-refractivity contribution in [3.8, 4) is 5.75 Å². The Bertz CT molecular complexity index is 422. The van der Waals surface area contributed by atoms with E-state index in [2.05, 4.69) is 19.1 Å². The Hall–Kier alpha value is -1.32. The summed E-state index contributed by atoms with van der Waals surface area (Å²) in [5.41, 5.74) is 2.32. The normalized spacial score (nSPS) is 20.1. The molecule has 0 unspecified atom stereocenters. The number of benzene rings is 1. The number of hydrogen-bond donors (Lipinski definition) is 0. The zero-order chi connectivity index (χ0) is 13.0. The van der Waals surface area contributed by atoms with Gasteiger partial charge in [-0.1, -0.05) is 18.2 Å². The summed E-state index contributed by atoms with van der Waals surface area (Å²) in [5, 5.41) is 0. The van der Waals surface area contributed by atoms with Gasteiger partial charge in [0.05, 0.1) is 26.4 Å². The third-order valence-electron chi connectivity index (χ3n) is 3.01. The van der Waals surface area contributed by atoms with Crippen LogP contribution in [0, 0.1) is 0 Å². The Morgan fingerprint density at radius 2 is 2.28 bits per heavy atom. The summed E-state index contributed by atoms with van der Waals surface area (Å²) in [7, 11) is 1.68. The summed E-state index contributed by atoms with van der Waals surface area (Å²) in [6, 6.07) is 6.06. The minimum Gasteiger partial charge on any atom is -0.497 e. The van der Waals surface area contributed by atoms with Gasteiger partial charge >= 0.3 is 0 Å². The maximum absolute atomic E-state index is 5.81. The predicted molar refractivity (Wildman–Crippen MR) is 71.8 cm³/mol. The lowest BCUT2D eigenvalue weighted by molar-refractivity contribution is 0.0538. The first-order valence-corrected chi connectivity index (χ1v) is 6.28.